The van der Waals surface area contributed by atoms with Gasteiger partial charge in [0.15, 0.2) is 0 Å². The van der Waals surface area contributed by atoms with E-state index in [1.54, 1.807) is 0 Å². The number of hydrogen-bond acceptors (Lipinski definition) is 2. The summed E-state index contributed by atoms with van der Waals surface area (Å²) in [5.41, 5.74) is 0.537. The van der Waals surface area contributed by atoms with Crippen molar-refractivity contribution in [2.24, 2.45) is 0 Å². The summed E-state index contributed by atoms with van der Waals surface area (Å²) in [5.74, 6) is 0.0115. The van der Waals surface area contributed by atoms with E-state index in [4.69, 9.17) is 11.6 Å². The smallest absolute Gasteiger partial charge is 0.227 e. The lowest BCUT2D eigenvalue weighted by Crippen LogP contribution is -2.33. The van der Waals surface area contributed by atoms with Crippen LogP contribution in [0.25, 0.3) is 0 Å². The molecule has 0 atom stereocenters. The van der Waals surface area contributed by atoms with Crippen molar-refractivity contribution in [2.45, 2.75) is 26.2 Å². The lowest BCUT2D eigenvalue weighted by Gasteiger charge is -2.26. The minimum Gasteiger partial charge on any atom is -0.302 e. The van der Waals surface area contributed by atoms with Gasteiger partial charge in [0.05, 0.1) is 0 Å². The normalized spacial score (nSPS) is 18.0. The number of amides is 1. The van der Waals surface area contributed by atoms with Crippen molar-refractivity contribution < 1.29 is 9.59 Å². The van der Waals surface area contributed by atoms with Gasteiger partial charge < -0.3 is 4.90 Å². The zero-order valence-corrected chi connectivity index (χ0v) is 8.30. The first-order valence-electron chi connectivity index (χ1n) is 4.35. The minimum absolute atomic E-state index is 0.0115. The van der Waals surface area contributed by atoms with E-state index in [2.05, 4.69) is 0 Å². The average molecular weight is 202 g/mol. The Kier molecular flexibility index (Phi) is 3.48. The molecule has 0 aromatic heterocycles. The molecule has 0 fully saturated rings. The number of nitrogens with zero attached hydrogens (tertiary/aromatic N) is 1. The molecule has 1 amide bonds. The second kappa shape index (κ2) is 4.42. The number of carbonyl (C=O) groups excluding carboxylic acids is 2. The summed E-state index contributed by atoms with van der Waals surface area (Å²) >= 11 is 5.88. The summed E-state index contributed by atoms with van der Waals surface area (Å²) in [6.45, 7) is 2.56. The van der Waals surface area contributed by atoms with E-state index in [0.29, 0.717) is 30.1 Å². The second-order valence-corrected chi connectivity index (χ2v) is 3.34. The Labute approximate surface area is 82.3 Å². The summed E-state index contributed by atoms with van der Waals surface area (Å²) < 4.78 is 0. The van der Waals surface area contributed by atoms with Crippen LogP contribution >= 0.6 is 11.6 Å². The third kappa shape index (κ3) is 2.10. The maximum absolute atomic E-state index is 11.3. The van der Waals surface area contributed by atoms with E-state index in [1.165, 1.54) is 4.90 Å². The summed E-state index contributed by atoms with van der Waals surface area (Å²) in [6.07, 6.45) is 2.44. The van der Waals surface area contributed by atoms with Crippen molar-refractivity contribution in [2.75, 3.05) is 6.54 Å². The molecule has 0 unspecified atom stereocenters. The fourth-order valence-corrected chi connectivity index (χ4v) is 1.63. The van der Waals surface area contributed by atoms with Gasteiger partial charge in [0.1, 0.15) is 11.4 Å². The third-order valence-electron chi connectivity index (χ3n) is 2.00. The first kappa shape index (κ1) is 10.3. The Morgan fingerprint density at radius 1 is 1.54 bits per heavy atom. The van der Waals surface area contributed by atoms with Gasteiger partial charge in [0.25, 0.3) is 0 Å². The summed E-state index contributed by atoms with van der Waals surface area (Å²) in [6, 6.07) is 0. The largest absolute Gasteiger partial charge is 0.302 e. The van der Waals surface area contributed by atoms with E-state index in [0.717, 1.165) is 12.7 Å². The highest BCUT2D eigenvalue weighted by Gasteiger charge is 2.24. The van der Waals surface area contributed by atoms with E-state index in [-0.39, 0.29) is 5.91 Å². The van der Waals surface area contributed by atoms with Gasteiger partial charge in [-0.25, -0.2) is 0 Å². The first-order chi connectivity index (χ1) is 6.20. The van der Waals surface area contributed by atoms with Crippen LogP contribution in [0.15, 0.2) is 10.7 Å². The fourth-order valence-electron chi connectivity index (χ4n) is 1.32. The van der Waals surface area contributed by atoms with Crippen molar-refractivity contribution >= 4 is 23.8 Å². The van der Waals surface area contributed by atoms with Gasteiger partial charge in [-0.05, 0) is 12.8 Å². The number of allylic oxidation sites excluding steroid dienone is 1. The molecule has 0 aliphatic carbocycles. The molecule has 0 aromatic rings. The molecule has 1 aliphatic rings. The van der Waals surface area contributed by atoms with Crippen LogP contribution < -0.4 is 0 Å². The number of carbonyl (C=O) groups is 2. The van der Waals surface area contributed by atoms with Gasteiger partial charge in [-0.2, -0.15) is 0 Å². The van der Waals surface area contributed by atoms with Crippen molar-refractivity contribution in [3.63, 3.8) is 0 Å². The quantitative estimate of drug-likeness (QED) is 0.515. The van der Waals surface area contributed by atoms with Crippen molar-refractivity contribution in [1.82, 2.24) is 4.90 Å². The van der Waals surface area contributed by atoms with Crippen molar-refractivity contribution in [3.8, 4) is 0 Å². The van der Waals surface area contributed by atoms with Crippen LogP contribution in [0, 0.1) is 0 Å². The molecule has 4 heteroatoms. The average Bonchev–Trinajstić information content (AvgIpc) is 2.12. The molecular weight excluding hydrogens is 190 g/mol. The van der Waals surface area contributed by atoms with Crippen LogP contribution in [0.3, 0.4) is 0 Å². The van der Waals surface area contributed by atoms with E-state index in [1.807, 2.05) is 6.92 Å². The van der Waals surface area contributed by atoms with Crippen LogP contribution in [-0.2, 0) is 9.59 Å². The van der Waals surface area contributed by atoms with Crippen LogP contribution in [0.5, 0.6) is 0 Å². The molecular formula is C9H12ClNO2. The molecule has 3 nitrogen and oxygen atoms in total. The molecule has 0 N–H and O–H groups in total. The maximum atomic E-state index is 11.3. The predicted molar refractivity (Wildman–Crippen MR) is 50.2 cm³/mol. The Balaban J connectivity index is 2.88. The summed E-state index contributed by atoms with van der Waals surface area (Å²) in [5, 5.41) is 0.313. The minimum atomic E-state index is 0.0115. The molecule has 1 heterocycles. The van der Waals surface area contributed by atoms with Gasteiger partial charge in [-0.1, -0.05) is 18.5 Å². The number of rotatable bonds is 3. The molecule has 0 aromatic carbocycles. The SMILES string of the molecule is CCCN1C(=O)CCC(C=O)=C1Cl. The number of halogens is 1. The molecule has 0 spiro atoms. The Morgan fingerprint density at radius 2 is 2.23 bits per heavy atom. The monoisotopic (exact) mass is 201 g/mol. The van der Waals surface area contributed by atoms with Gasteiger partial charge >= 0.3 is 0 Å². The molecule has 0 bridgehead atoms. The van der Waals surface area contributed by atoms with Crippen LogP contribution in [-0.4, -0.2) is 23.6 Å². The summed E-state index contributed by atoms with van der Waals surface area (Å²) in [7, 11) is 0. The highest BCUT2D eigenvalue weighted by molar-refractivity contribution is 6.32. The number of hydrogen-bond donors (Lipinski definition) is 0. The van der Waals surface area contributed by atoms with Gasteiger partial charge in [0, 0.05) is 18.5 Å². The standard InChI is InChI=1S/C9H12ClNO2/c1-2-5-11-8(13)4-3-7(6-12)9(11)10/h6H,2-5H2,1H3. The van der Waals surface area contributed by atoms with Crippen molar-refractivity contribution in [1.29, 1.82) is 0 Å². The van der Waals surface area contributed by atoms with Crippen LogP contribution in [0.1, 0.15) is 26.2 Å². The van der Waals surface area contributed by atoms with Gasteiger partial charge in [0.2, 0.25) is 5.91 Å². The molecule has 0 saturated carbocycles. The molecule has 1 rings (SSSR count). The first-order valence-corrected chi connectivity index (χ1v) is 4.72. The second-order valence-electron chi connectivity index (χ2n) is 2.98. The Bertz CT molecular complexity index is 260. The molecule has 0 radical (unpaired) electrons. The van der Waals surface area contributed by atoms with Crippen LogP contribution in [0.2, 0.25) is 0 Å². The highest BCUT2D eigenvalue weighted by atomic mass is 35.5. The van der Waals surface area contributed by atoms with E-state index < -0.39 is 0 Å². The fraction of sp³-hybridized carbons (Fsp3) is 0.556. The van der Waals surface area contributed by atoms with E-state index >= 15 is 0 Å². The topological polar surface area (TPSA) is 37.4 Å². The van der Waals surface area contributed by atoms with Crippen LogP contribution in [0.4, 0.5) is 0 Å². The lowest BCUT2D eigenvalue weighted by atomic mass is 10.1. The molecule has 13 heavy (non-hydrogen) atoms. The van der Waals surface area contributed by atoms with E-state index in [9.17, 15) is 9.59 Å². The molecule has 72 valence electrons. The highest BCUT2D eigenvalue weighted by Crippen LogP contribution is 2.24. The number of aldehydes is 1. The van der Waals surface area contributed by atoms with Gasteiger partial charge in [-0.15, -0.1) is 0 Å². The predicted octanol–water partition coefficient (Wildman–Crippen LogP) is 1.67. The third-order valence-corrected chi connectivity index (χ3v) is 2.45. The lowest BCUT2D eigenvalue weighted by molar-refractivity contribution is -0.129. The summed E-state index contributed by atoms with van der Waals surface area (Å²) in [4.78, 5) is 23.4. The molecule has 0 saturated heterocycles. The van der Waals surface area contributed by atoms with Gasteiger partial charge in [-0.3, -0.25) is 9.59 Å². The van der Waals surface area contributed by atoms with Crippen molar-refractivity contribution in [3.05, 3.63) is 10.7 Å². The zero-order chi connectivity index (χ0) is 9.84. The maximum Gasteiger partial charge on any atom is 0.227 e. The Hall–Kier alpha value is -0.830. The molecule has 1 aliphatic heterocycles. The zero-order valence-electron chi connectivity index (χ0n) is 7.55. The Morgan fingerprint density at radius 3 is 2.77 bits per heavy atom.